The fourth-order valence-corrected chi connectivity index (χ4v) is 0.806. The molecule has 68 valence electrons. The predicted octanol–water partition coefficient (Wildman–Crippen LogP) is -0.152. The van der Waals surface area contributed by atoms with Crippen molar-refractivity contribution in [2.45, 2.75) is 26.5 Å². The van der Waals surface area contributed by atoms with Crippen LogP contribution < -0.4 is 5.32 Å². The molecule has 12 heavy (non-hydrogen) atoms. The highest BCUT2D eigenvalue weighted by Crippen LogP contribution is 1.93. The van der Waals surface area contributed by atoms with Gasteiger partial charge in [-0.1, -0.05) is 5.16 Å². The van der Waals surface area contributed by atoms with Gasteiger partial charge < -0.3 is 14.9 Å². The van der Waals surface area contributed by atoms with E-state index in [9.17, 15) is 0 Å². The molecule has 0 aliphatic rings. The number of aliphatic hydroxyl groups is 1. The number of hydrogen-bond donors (Lipinski definition) is 2. The lowest BCUT2D eigenvalue weighted by Crippen LogP contribution is -2.24. The number of aromatic nitrogens is 2. The summed E-state index contributed by atoms with van der Waals surface area (Å²) < 4.78 is 4.76. The van der Waals surface area contributed by atoms with Gasteiger partial charge in [0.2, 0.25) is 5.89 Å². The Bertz CT molecular complexity index is 234. The summed E-state index contributed by atoms with van der Waals surface area (Å²) in [6, 6.07) is 0. The molecule has 0 saturated heterocycles. The van der Waals surface area contributed by atoms with Crippen LogP contribution in [0.3, 0.4) is 0 Å². The second-order valence-corrected chi connectivity index (χ2v) is 2.71. The number of aliphatic hydroxyl groups excluding tert-OH is 1. The van der Waals surface area contributed by atoms with Crippen molar-refractivity contribution in [3.8, 4) is 0 Å². The first-order valence-corrected chi connectivity index (χ1v) is 3.86. The van der Waals surface area contributed by atoms with Crippen molar-refractivity contribution in [2.75, 3.05) is 6.54 Å². The van der Waals surface area contributed by atoms with Crippen LogP contribution in [0.2, 0.25) is 0 Å². The van der Waals surface area contributed by atoms with Crippen molar-refractivity contribution in [3.63, 3.8) is 0 Å². The number of nitrogens with one attached hydrogen (secondary N) is 1. The fraction of sp³-hybridized carbons (Fsp3) is 0.714. The lowest BCUT2D eigenvalue weighted by molar-refractivity contribution is 0.190. The van der Waals surface area contributed by atoms with Crippen molar-refractivity contribution in [2.24, 2.45) is 0 Å². The van der Waals surface area contributed by atoms with E-state index in [0.29, 0.717) is 24.8 Å². The second kappa shape index (κ2) is 4.18. The van der Waals surface area contributed by atoms with Gasteiger partial charge >= 0.3 is 0 Å². The molecule has 1 heterocycles. The van der Waals surface area contributed by atoms with E-state index in [2.05, 4.69) is 15.5 Å². The zero-order chi connectivity index (χ0) is 8.97. The Balaban J connectivity index is 2.24. The van der Waals surface area contributed by atoms with Gasteiger partial charge in [-0.05, 0) is 6.92 Å². The summed E-state index contributed by atoms with van der Waals surface area (Å²) in [5, 5.41) is 15.6. The van der Waals surface area contributed by atoms with Gasteiger partial charge in [0.15, 0.2) is 5.82 Å². The first kappa shape index (κ1) is 9.15. The molecule has 0 spiro atoms. The van der Waals surface area contributed by atoms with Crippen LogP contribution in [-0.2, 0) is 6.54 Å². The SMILES string of the molecule is Cc1nc(CNC[C@H](C)O)no1. The molecule has 1 aromatic rings. The number of rotatable bonds is 4. The summed E-state index contributed by atoms with van der Waals surface area (Å²) in [7, 11) is 0. The molecule has 0 aromatic carbocycles. The maximum atomic E-state index is 8.91. The minimum absolute atomic E-state index is 0.349. The highest BCUT2D eigenvalue weighted by atomic mass is 16.5. The number of aryl methyl sites for hydroxylation is 1. The molecular formula is C7H13N3O2. The second-order valence-electron chi connectivity index (χ2n) is 2.71. The van der Waals surface area contributed by atoms with E-state index in [1.54, 1.807) is 13.8 Å². The van der Waals surface area contributed by atoms with E-state index in [4.69, 9.17) is 9.63 Å². The average molecular weight is 171 g/mol. The summed E-state index contributed by atoms with van der Waals surface area (Å²) in [6.45, 7) is 4.52. The minimum Gasteiger partial charge on any atom is -0.392 e. The lowest BCUT2D eigenvalue weighted by atomic mass is 10.4. The van der Waals surface area contributed by atoms with Crippen LogP contribution in [0.4, 0.5) is 0 Å². The third kappa shape index (κ3) is 2.98. The number of hydrogen-bond acceptors (Lipinski definition) is 5. The molecule has 0 aliphatic carbocycles. The number of nitrogens with zero attached hydrogens (tertiary/aromatic N) is 2. The van der Waals surface area contributed by atoms with E-state index in [1.807, 2.05) is 0 Å². The third-order valence-electron chi connectivity index (χ3n) is 1.29. The molecule has 0 radical (unpaired) electrons. The Morgan fingerprint density at radius 1 is 1.67 bits per heavy atom. The highest BCUT2D eigenvalue weighted by Gasteiger charge is 2.01. The van der Waals surface area contributed by atoms with Gasteiger partial charge in [0.25, 0.3) is 0 Å². The lowest BCUT2D eigenvalue weighted by Gasteiger charge is -2.02. The van der Waals surface area contributed by atoms with Crippen LogP contribution in [0.15, 0.2) is 4.52 Å². The molecule has 5 heteroatoms. The quantitative estimate of drug-likeness (QED) is 0.659. The largest absolute Gasteiger partial charge is 0.392 e. The molecule has 2 N–H and O–H groups in total. The highest BCUT2D eigenvalue weighted by molar-refractivity contribution is 4.82. The van der Waals surface area contributed by atoms with Gasteiger partial charge in [0.05, 0.1) is 12.6 Å². The summed E-state index contributed by atoms with van der Waals surface area (Å²) in [5.74, 6) is 1.18. The first-order chi connectivity index (χ1) is 5.68. The summed E-state index contributed by atoms with van der Waals surface area (Å²) >= 11 is 0. The third-order valence-corrected chi connectivity index (χ3v) is 1.29. The van der Waals surface area contributed by atoms with Gasteiger partial charge in [0.1, 0.15) is 0 Å². The van der Waals surface area contributed by atoms with Gasteiger partial charge in [-0.2, -0.15) is 4.98 Å². The summed E-state index contributed by atoms with van der Waals surface area (Å²) in [6.07, 6.45) is -0.349. The van der Waals surface area contributed by atoms with Gasteiger partial charge in [0, 0.05) is 13.5 Å². The smallest absolute Gasteiger partial charge is 0.223 e. The molecular weight excluding hydrogens is 158 g/mol. The Hall–Kier alpha value is -0.940. The molecule has 1 aromatic heterocycles. The molecule has 0 bridgehead atoms. The average Bonchev–Trinajstić information content (AvgIpc) is 2.35. The van der Waals surface area contributed by atoms with Crippen LogP contribution >= 0.6 is 0 Å². The predicted molar refractivity (Wildman–Crippen MR) is 42.4 cm³/mol. The van der Waals surface area contributed by atoms with E-state index in [0.717, 1.165) is 0 Å². The fourth-order valence-electron chi connectivity index (χ4n) is 0.806. The Kier molecular flexibility index (Phi) is 3.19. The molecule has 1 atom stereocenters. The Morgan fingerprint density at radius 3 is 2.92 bits per heavy atom. The van der Waals surface area contributed by atoms with E-state index >= 15 is 0 Å². The standard InChI is InChI=1S/C7H13N3O2/c1-5(11)3-8-4-7-9-6(2)12-10-7/h5,8,11H,3-4H2,1-2H3/t5-/m0/s1. The summed E-state index contributed by atoms with van der Waals surface area (Å²) in [5.41, 5.74) is 0. The minimum atomic E-state index is -0.349. The van der Waals surface area contributed by atoms with Crippen LogP contribution in [0.5, 0.6) is 0 Å². The van der Waals surface area contributed by atoms with Gasteiger partial charge in [-0.15, -0.1) is 0 Å². The van der Waals surface area contributed by atoms with E-state index in [-0.39, 0.29) is 6.10 Å². The van der Waals surface area contributed by atoms with Crippen molar-refractivity contribution in [3.05, 3.63) is 11.7 Å². The maximum absolute atomic E-state index is 8.91. The molecule has 0 saturated carbocycles. The monoisotopic (exact) mass is 171 g/mol. The van der Waals surface area contributed by atoms with Crippen LogP contribution in [0.1, 0.15) is 18.6 Å². The van der Waals surface area contributed by atoms with Crippen LogP contribution in [0, 0.1) is 6.92 Å². The molecule has 0 amide bonds. The van der Waals surface area contributed by atoms with Gasteiger partial charge in [-0.25, -0.2) is 0 Å². The van der Waals surface area contributed by atoms with Crippen molar-refractivity contribution in [1.29, 1.82) is 0 Å². The normalized spacial score (nSPS) is 13.2. The van der Waals surface area contributed by atoms with E-state index < -0.39 is 0 Å². The van der Waals surface area contributed by atoms with E-state index in [1.165, 1.54) is 0 Å². The maximum Gasteiger partial charge on any atom is 0.223 e. The topological polar surface area (TPSA) is 71.2 Å². The Morgan fingerprint density at radius 2 is 2.42 bits per heavy atom. The first-order valence-electron chi connectivity index (χ1n) is 3.86. The van der Waals surface area contributed by atoms with Crippen molar-refractivity contribution in [1.82, 2.24) is 15.5 Å². The molecule has 0 aliphatic heterocycles. The summed E-state index contributed by atoms with van der Waals surface area (Å²) in [4.78, 5) is 3.99. The van der Waals surface area contributed by atoms with Crippen molar-refractivity contribution >= 4 is 0 Å². The molecule has 1 rings (SSSR count). The van der Waals surface area contributed by atoms with Crippen molar-refractivity contribution < 1.29 is 9.63 Å². The van der Waals surface area contributed by atoms with Crippen LogP contribution in [-0.4, -0.2) is 27.9 Å². The van der Waals surface area contributed by atoms with Crippen LogP contribution in [0.25, 0.3) is 0 Å². The zero-order valence-electron chi connectivity index (χ0n) is 7.24. The molecule has 0 unspecified atom stereocenters. The Labute approximate surface area is 70.8 Å². The molecule has 5 nitrogen and oxygen atoms in total. The zero-order valence-corrected chi connectivity index (χ0v) is 7.24. The molecule has 0 fully saturated rings. The van der Waals surface area contributed by atoms with Gasteiger partial charge in [-0.3, -0.25) is 0 Å².